The highest BCUT2D eigenvalue weighted by atomic mass is 16.6. The van der Waals surface area contributed by atoms with E-state index in [0.29, 0.717) is 5.56 Å². The molecular weight excluding hydrogens is 408 g/mol. The molecule has 0 amide bonds. The maximum Gasteiger partial charge on any atom is 0.277 e. The van der Waals surface area contributed by atoms with Crippen molar-refractivity contribution in [2.75, 3.05) is 0 Å². The zero-order valence-corrected chi connectivity index (χ0v) is 17.8. The summed E-state index contributed by atoms with van der Waals surface area (Å²) in [5.74, 6) is 0. The zero-order valence-electron chi connectivity index (χ0n) is 17.8. The van der Waals surface area contributed by atoms with Gasteiger partial charge in [-0.05, 0) is 52.1 Å². The third kappa shape index (κ3) is 4.02. The Morgan fingerprint density at radius 2 is 1.15 bits per heavy atom. The molecule has 0 fully saturated rings. The second kappa shape index (κ2) is 8.89. The number of nitro groups is 1. The molecule has 0 bridgehead atoms. The first-order chi connectivity index (χ1) is 16.2. The third-order valence-electron chi connectivity index (χ3n) is 5.67. The second-order valence-electron chi connectivity index (χ2n) is 7.69. The van der Waals surface area contributed by atoms with Gasteiger partial charge in [0, 0.05) is 29.6 Å². The molecule has 0 radical (unpaired) electrons. The van der Waals surface area contributed by atoms with Crippen molar-refractivity contribution in [1.29, 1.82) is 0 Å². The minimum atomic E-state index is -0.317. The van der Waals surface area contributed by atoms with Gasteiger partial charge in [-0.2, -0.15) is 0 Å². The molecule has 0 aliphatic rings. The second-order valence-corrected chi connectivity index (χ2v) is 7.69. The number of para-hydroxylation sites is 1. The molecular formula is C29H20N2O2. The SMILES string of the molecule is O=[N+]([O-])c1ccccc1-c1c(-c2ccccc2)cc(-c2ccccc2)cc1-c1cccnc1. The van der Waals surface area contributed by atoms with Gasteiger partial charge in [-0.1, -0.05) is 78.9 Å². The van der Waals surface area contributed by atoms with Crippen LogP contribution < -0.4 is 0 Å². The van der Waals surface area contributed by atoms with Crippen LogP contribution in [0.3, 0.4) is 0 Å². The first kappa shape index (κ1) is 20.3. The van der Waals surface area contributed by atoms with Crippen molar-refractivity contribution in [3.05, 3.63) is 132 Å². The van der Waals surface area contributed by atoms with Gasteiger partial charge in [-0.25, -0.2) is 0 Å². The molecule has 0 saturated heterocycles. The first-order valence-corrected chi connectivity index (χ1v) is 10.7. The highest BCUT2D eigenvalue weighted by Crippen LogP contribution is 2.45. The van der Waals surface area contributed by atoms with Crippen LogP contribution in [0.4, 0.5) is 5.69 Å². The topological polar surface area (TPSA) is 56.0 Å². The molecule has 1 heterocycles. The lowest BCUT2D eigenvalue weighted by Gasteiger charge is -2.19. The van der Waals surface area contributed by atoms with Crippen molar-refractivity contribution >= 4 is 5.69 Å². The molecule has 0 N–H and O–H groups in total. The van der Waals surface area contributed by atoms with Crippen LogP contribution >= 0.6 is 0 Å². The minimum absolute atomic E-state index is 0.0762. The molecule has 0 aliphatic carbocycles. The van der Waals surface area contributed by atoms with Crippen LogP contribution in [0, 0.1) is 10.1 Å². The molecule has 4 nitrogen and oxygen atoms in total. The summed E-state index contributed by atoms with van der Waals surface area (Å²) in [6, 6.07) is 35.2. The maximum absolute atomic E-state index is 12.0. The summed E-state index contributed by atoms with van der Waals surface area (Å²) in [6.07, 6.45) is 3.53. The molecule has 33 heavy (non-hydrogen) atoms. The van der Waals surface area contributed by atoms with E-state index in [4.69, 9.17) is 0 Å². The predicted molar refractivity (Wildman–Crippen MR) is 133 cm³/mol. The van der Waals surface area contributed by atoms with E-state index in [-0.39, 0.29) is 10.6 Å². The molecule has 0 spiro atoms. The van der Waals surface area contributed by atoms with Gasteiger partial charge in [0.25, 0.3) is 5.69 Å². The summed E-state index contributed by atoms with van der Waals surface area (Å²) >= 11 is 0. The number of nitrogens with zero attached hydrogens (tertiary/aromatic N) is 2. The number of nitro benzene ring substituents is 1. The van der Waals surface area contributed by atoms with Crippen LogP contribution in [0.1, 0.15) is 0 Å². The molecule has 0 aliphatic heterocycles. The Morgan fingerprint density at radius 3 is 1.79 bits per heavy atom. The zero-order chi connectivity index (χ0) is 22.6. The van der Waals surface area contributed by atoms with Crippen molar-refractivity contribution in [3.8, 4) is 44.5 Å². The Bertz CT molecular complexity index is 1360. The fourth-order valence-corrected chi connectivity index (χ4v) is 4.17. The highest BCUT2D eigenvalue weighted by molar-refractivity contribution is 5.99. The average Bonchev–Trinajstić information content (AvgIpc) is 2.89. The van der Waals surface area contributed by atoms with E-state index in [1.165, 1.54) is 0 Å². The highest BCUT2D eigenvalue weighted by Gasteiger charge is 2.23. The van der Waals surface area contributed by atoms with E-state index < -0.39 is 0 Å². The Morgan fingerprint density at radius 1 is 0.576 bits per heavy atom. The number of pyridine rings is 1. The Labute approximate surface area is 192 Å². The summed E-state index contributed by atoms with van der Waals surface area (Å²) in [4.78, 5) is 16.0. The van der Waals surface area contributed by atoms with Crippen LogP contribution in [0.25, 0.3) is 44.5 Å². The van der Waals surface area contributed by atoms with Crippen molar-refractivity contribution in [2.45, 2.75) is 0 Å². The maximum atomic E-state index is 12.0. The number of aromatic nitrogens is 1. The molecule has 4 heteroatoms. The van der Waals surface area contributed by atoms with Crippen LogP contribution in [0.2, 0.25) is 0 Å². The molecule has 5 rings (SSSR count). The fourth-order valence-electron chi connectivity index (χ4n) is 4.17. The molecule has 5 aromatic rings. The van der Waals surface area contributed by atoms with Crippen molar-refractivity contribution < 1.29 is 4.92 Å². The van der Waals surface area contributed by atoms with Crippen LogP contribution in [0.15, 0.2) is 122 Å². The lowest BCUT2D eigenvalue weighted by molar-refractivity contribution is -0.384. The molecule has 0 unspecified atom stereocenters. The molecule has 4 aromatic carbocycles. The van der Waals surface area contributed by atoms with Gasteiger partial charge in [0.05, 0.1) is 10.5 Å². The Balaban J connectivity index is 1.92. The van der Waals surface area contributed by atoms with E-state index in [9.17, 15) is 10.1 Å². The number of hydrogen-bond donors (Lipinski definition) is 0. The number of hydrogen-bond acceptors (Lipinski definition) is 3. The van der Waals surface area contributed by atoms with Gasteiger partial charge >= 0.3 is 0 Å². The normalized spacial score (nSPS) is 10.7. The Hall–Kier alpha value is -4.57. The van der Waals surface area contributed by atoms with E-state index in [2.05, 4.69) is 29.2 Å². The van der Waals surface area contributed by atoms with Crippen LogP contribution in [0.5, 0.6) is 0 Å². The molecule has 1 aromatic heterocycles. The predicted octanol–water partition coefficient (Wildman–Crippen LogP) is 7.66. The molecule has 0 atom stereocenters. The van der Waals surface area contributed by atoms with Crippen molar-refractivity contribution in [1.82, 2.24) is 4.98 Å². The van der Waals surface area contributed by atoms with Gasteiger partial charge in [0.1, 0.15) is 0 Å². The van der Waals surface area contributed by atoms with Crippen molar-refractivity contribution in [2.24, 2.45) is 0 Å². The quantitative estimate of drug-likeness (QED) is 0.213. The lowest BCUT2D eigenvalue weighted by atomic mass is 9.84. The standard InChI is InChI=1S/C29H20N2O2/c32-31(33)28-16-8-7-15-25(28)29-26(22-12-5-2-6-13-22)18-24(21-10-3-1-4-11-21)19-27(29)23-14-9-17-30-20-23/h1-20H. The molecule has 0 saturated carbocycles. The minimum Gasteiger partial charge on any atom is -0.264 e. The number of rotatable bonds is 5. The third-order valence-corrected chi connectivity index (χ3v) is 5.67. The summed E-state index contributed by atoms with van der Waals surface area (Å²) in [5.41, 5.74) is 7.33. The number of benzene rings is 4. The van der Waals surface area contributed by atoms with Crippen LogP contribution in [-0.2, 0) is 0 Å². The van der Waals surface area contributed by atoms with Gasteiger partial charge in [0.2, 0.25) is 0 Å². The van der Waals surface area contributed by atoms with Gasteiger partial charge in [-0.15, -0.1) is 0 Å². The monoisotopic (exact) mass is 428 g/mol. The summed E-state index contributed by atoms with van der Waals surface area (Å²) in [6.45, 7) is 0. The van der Waals surface area contributed by atoms with E-state index in [0.717, 1.165) is 38.9 Å². The van der Waals surface area contributed by atoms with E-state index in [1.54, 1.807) is 24.5 Å². The van der Waals surface area contributed by atoms with E-state index in [1.807, 2.05) is 72.8 Å². The summed E-state index contributed by atoms with van der Waals surface area (Å²) < 4.78 is 0. The summed E-state index contributed by atoms with van der Waals surface area (Å²) in [7, 11) is 0. The van der Waals surface area contributed by atoms with Gasteiger partial charge < -0.3 is 0 Å². The summed E-state index contributed by atoms with van der Waals surface area (Å²) in [5, 5.41) is 12.0. The van der Waals surface area contributed by atoms with Crippen LogP contribution in [-0.4, -0.2) is 9.91 Å². The lowest BCUT2D eigenvalue weighted by Crippen LogP contribution is -1.97. The van der Waals surface area contributed by atoms with Crippen molar-refractivity contribution in [3.63, 3.8) is 0 Å². The molecule has 158 valence electrons. The Kier molecular flexibility index (Phi) is 5.48. The largest absolute Gasteiger partial charge is 0.277 e. The fraction of sp³-hybridized carbons (Fsp3) is 0. The van der Waals surface area contributed by atoms with Gasteiger partial charge in [0.15, 0.2) is 0 Å². The van der Waals surface area contributed by atoms with E-state index >= 15 is 0 Å². The first-order valence-electron chi connectivity index (χ1n) is 10.7. The van der Waals surface area contributed by atoms with Gasteiger partial charge in [-0.3, -0.25) is 15.1 Å². The smallest absolute Gasteiger partial charge is 0.264 e. The average molecular weight is 428 g/mol.